The molecule has 0 radical (unpaired) electrons. The van der Waals surface area contributed by atoms with Crippen molar-refractivity contribution in [1.82, 2.24) is 0 Å². The lowest BCUT2D eigenvalue weighted by molar-refractivity contribution is 0.0964. The molecule has 2 heteroatoms. The molecule has 2 atom stereocenters. The first-order chi connectivity index (χ1) is 8.25. The molecule has 0 spiro atoms. The topological polar surface area (TPSA) is 30.2 Å². The van der Waals surface area contributed by atoms with Crippen molar-refractivity contribution in [2.45, 2.75) is 19.3 Å². The minimum absolute atomic E-state index is 0.114. The van der Waals surface area contributed by atoms with Crippen LogP contribution in [0.5, 0.6) is 0 Å². The van der Waals surface area contributed by atoms with Gasteiger partial charge in [0.15, 0.2) is 5.78 Å². The molecule has 1 aliphatic carbocycles. The van der Waals surface area contributed by atoms with E-state index in [1.165, 1.54) is 0 Å². The van der Waals surface area contributed by atoms with Crippen LogP contribution in [0.1, 0.15) is 34.2 Å². The Morgan fingerprint density at radius 1 is 1.18 bits per heavy atom. The summed E-state index contributed by atoms with van der Waals surface area (Å²) in [5.41, 5.74) is 0.809. The average molecular weight is 226 g/mol. The summed E-state index contributed by atoms with van der Waals surface area (Å²) >= 11 is 0. The number of hydrogen-bond acceptors (Lipinski definition) is 2. The monoisotopic (exact) mass is 226 g/mol. The summed E-state index contributed by atoms with van der Waals surface area (Å²) in [6.07, 6.45) is 0.917. The molecule has 3 rings (SSSR count). The van der Waals surface area contributed by atoms with Gasteiger partial charge >= 0.3 is 0 Å². The SMILES string of the molecule is Cc1ccc(C2CC2C(=O)c2ccccc2)o1. The Labute approximate surface area is 100 Å². The summed E-state index contributed by atoms with van der Waals surface area (Å²) in [7, 11) is 0. The van der Waals surface area contributed by atoms with E-state index < -0.39 is 0 Å². The number of Topliss-reactive ketones (excluding diaryl/α,β-unsaturated/α-hetero) is 1. The van der Waals surface area contributed by atoms with E-state index in [9.17, 15) is 4.79 Å². The number of aryl methyl sites for hydroxylation is 1. The minimum Gasteiger partial charge on any atom is -0.466 e. The summed E-state index contributed by atoms with van der Waals surface area (Å²) in [5, 5.41) is 0. The first-order valence-corrected chi connectivity index (χ1v) is 5.91. The molecule has 0 aliphatic heterocycles. The molecule has 0 amide bonds. The Balaban J connectivity index is 1.75. The molecular formula is C15H14O2. The van der Waals surface area contributed by atoms with Crippen molar-refractivity contribution >= 4 is 5.78 Å². The summed E-state index contributed by atoms with van der Waals surface area (Å²) in [6.45, 7) is 1.93. The van der Waals surface area contributed by atoms with Crippen LogP contribution in [-0.2, 0) is 0 Å². The maximum Gasteiger partial charge on any atom is 0.166 e. The van der Waals surface area contributed by atoms with Gasteiger partial charge in [-0.1, -0.05) is 30.3 Å². The molecule has 1 aliphatic rings. The van der Waals surface area contributed by atoms with Gasteiger partial charge in [-0.05, 0) is 25.5 Å². The second-order valence-electron chi connectivity index (χ2n) is 4.63. The van der Waals surface area contributed by atoms with E-state index in [4.69, 9.17) is 4.42 Å². The maximum atomic E-state index is 12.2. The Kier molecular flexibility index (Phi) is 2.36. The van der Waals surface area contributed by atoms with Crippen LogP contribution in [0.15, 0.2) is 46.9 Å². The van der Waals surface area contributed by atoms with E-state index in [-0.39, 0.29) is 17.6 Å². The third-order valence-electron chi connectivity index (χ3n) is 3.31. The van der Waals surface area contributed by atoms with E-state index in [1.807, 2.05) is 49.4 Å². The molecule has 1 aromatic heterocycles. The predicted molar refractivity (Wildman–Crippen MR) is 65.1 cm³/mol. The van der Waals surface area contributed by atoms with Crippen molar-refractivity contribution < 1.29 is 9.21 Å². The van der Waals surface area contributed by atoms with Gasteiger partial charge in [0.25, 0.3) is 0 Å². The minimum atomic E-state index is 0.114. The third kappa shape index (κ3) is 1.91. The summed E-state index contributed by atoms with van der Waals surface area (Å²) in [6, 6.07) is 13.4. The lowest BCUT2D eigenvalue weighted by Crippen LogP contribution is -2.02. The van der Waals surface area contributed by atoms with Gasteiger partial charge in [0, 0.05) is 17.4 Å². The molecule has 0 bridgehead atoms. The number of hydrogen-bond donors (Lipinski definition) is 0. The molecular weight excluding hydrogens is 212 g/mol. The fourth-order valence-electron chi connectivity index (χ4n) is 2.27. The number of carbonyl (C=O) groups excluding carboxylic acids is 1. The van der Waals surface area contributed by atoms with Gasteiger partial charge in [-0.3, -0.25) is 4.79 Å². The molecule has 1 heterocycles. The Bertz CT molecular complexity index is 539. The number of carbonyl (C=O) groups is 1. The van der Waals surface area contributed by atoms with Crippen molar-refractivity contribution in [3.63, 3.8) is 0 Å². The van der Waals surface area contributed by atoms with Gasteiger partial charge in [-0.15, -0.1) is 0 Å². The fraction of sp³-hybridized carbons (Fsp3) is 0.267. The summed E-state index contributed by atoms with van der Waals surface area (Å²) in [4.78, 5) is 12.2. The van der Waals surface area contributed by atoms with Crippen LogP contribution in [0.25, 0.3) is 0 Å². The summed E-state index contributed by atoms with van der Waals surface area (Å²) in [5.74, 6) is 2.51. The number of benzene rings is 1. The molecule has 1 saturated carbocycles. The maximum absolute atomic E-state index is 12.2. The van der Waals surface area contributed by atoms with E-state index in [0.717, 1.165) is 23.5 Å². The zero-order chi connectivity index (χ0) is 11.8. The first-order valence-electron chi connectivity index (χ1n) is 5.91. The highest BCUT2D eigenvalue weighted by atomic mass is 16.3. The van der Waals surface area contributed by atoms with Gasteiger partial charge in [-0.25, -0.2) is 0 Å². The third-order valence-corrected chi connectivity index (χ3v) is 3.31. The predicted octanol–water partition coefficient (Wildman–Crippen LogP) is 3.57. The van der Waals surface area contributed by atoms with Gasteiger partial charge in [0.1, 0.15) is 11.5 Å². The van der Waals surface area contributed by atoms with E-state index in [1.54, 1.807) is 0 Å². The van der Waals surface area contributed by atoms with Crippen molar-refractivity contribution in [2.75, 3.05) is 0 Å². The average Bonchev–Trinajstić information content (AvgIpc) is 3.05. The molecule has 86 valence electrons. The lowest BCUT2D eigenvalue weighted by Gasteiger charge is -1.98. The zero-order valence-corrected chi connectivity index (χ0v) is 9.72. The smallest absolute Gasteiger partial charge is 0.166 e. The van der Waals surface area contributed by atoms with Gasteiger partial charge in [0.2, 0.25) is 0 Å². The van der Waals surface area contributed by atoms with Crippen LogP contribution in [0.3, 0.4) is 0 Å². The van der Waals surface area contributed by atoms with Crippen LogP contribution in [-0.4, -0.2) is 5.78 Å². The van der Waals surface area contributed by atoms with Gasteiger partial charge in [0.05, 0.1) is 0 Å². The molecule has 0 saturated heterocycles. The second kappa shape index (κ2) is 3.88. The van der Waals surface area contributed by atoms with Crippen LogP contribution < -0.4 is 0 Å². The largest absolute Gasteiger partial charge is 0.466 e. The van der Waals surface area contributed by atoms with Crippen molar-refractivity contribution in [3.05, 3.63) is 59.5 Å². The molecule has 2 unspecified atom stereocenters. The standard InChI is InChI=1S/C15H14O2/c1-10-7-8-14(17-10)12-9-13(12)15(16)11-5-3-2-4-6-11/h2-8,12-13H,9H2,1H3. The number of rotatable bonds is 3. The molecule has 1 fully saturated rings. The van der Waals surface area contributed by atoms with E-state index >= 15 is 0 Å². The highest BCUT2D eigenvalue weighted by Crippen LogP contribution is 2.49. The molecule has 2 aromatic rings. The Hall–Kier alpha value is -1.83. The number of ketones is 1. The van der Waals surface area contributed by atoms with E-state index in [0.29, 0.717) is 0 Å². The molecule has 0 N–H and O–H groups in total. The van der Waals surface area contributed by atoms with Crippen LogP contribution in [0.2, 0.25) is 0 Å². The van der Waals surface area contributed by atoms with Crippen LogP contribution >= 0.6 is 0 Å². The Morgan fingerprint density at radius 3 is 2.59 bits per heavy atom. The molecule has 2 nitrogen and oxygen atoms in total. The first kappa shape index (κ1) is 10.3. The molecule has 17 heavy (non-hydrogen) atoms. The quantitative estimate of drug-likeness (QED) is 0.749. The lowest BCUT2D eigenvalue weighted by atomic mass is 10.1. The van der Waals surface area contributed by atoms with Crippen molar-refractivity contribution in [1.29, 1.82) is 0 Å². The normalized spacial score (nSPS) is 22.4. The van der Waals surface area contributed by atoms with Crippen LogP contribution in [0.4, 0.5) is 0 Å². The van der Waals surface area contributed by atoms with Gasteiger partial charge in [-0.2, -0.15) is 0 Å². The van der Waals surface area contributed by atoms with Gasteiger partial charge < -0.3 is 4.42 Å². The highest BCUT2D eigenvalue weighted by Gasteiger charge is 2.45. The van der Waals surface area contributed by atoms with Crippen molar-refractivity contribution in [2.24, 2.45) is 5.92 Å². The van der Waals surface area contributed by atoms with Crippen LogP contribution in [0, 0.1) is 12.8 Å². The Morgan fingerprint density at radius 2 is 1.94 bits per heavy atom. The summed E-state index contributed by atoms with van der Waals surface area (Å²) < 4.78 is 5.57. The second-order valence-corrected chi connectivity index (χ2v) is 4.63. The zero-order valence-electron chi connectivity index (χ0n) is 9.72. The fourth-order valence-corrected chi connectivity index (χ4v) is 2.27. The number of furan rings is 1. The van der Waals surface area contributed by atoms with E-state index in [2.05, 4.69) is 0 Å². The highest BCUT2D eigenvalue weighted by molar-refractivity contribution is 6.00. The molecule has 1 aromatic carbocycles. The van der Waals surface area contributed by atoms with Crippen molar-refractivity contribution in [3.8, 4) is 0 Å².